The van der Waals surface area contributed by atoms with E-state index < -0.39 is 17.8 Å². The van der Waals surface area contributed by atoms with Gasteiger partial charge in [-0.2, -0.15) is 5.26 Å². The van der Waals surface area contributed by atoms with E-state index in [9.17, 15) is 9.59 Å². The molecule has 1 atom stereocenters. The summed E-state index contributed by atoms with van der Waals surface area (Å²) < 4.78 is 4.70. The number of esters is 1. The number of nitrogens with zero attached hydrogens (tertiary/aromatic N) is 2. The zero-order chi connectivity index (χ0) is 12.7. The van der Waals surface area contributed by atoms with Gasteiger partial charge in [0.15, 0.2) is 11.9 Å². The van der Waals surface area contributed by atoms with Crippen molar-refractivity contribution in [2.45, 2.75) is 26.8 Å². The number of hydrogen-bond acceptors (Lipinski definition) is 4. The molecule has 0 aliphatic carbocycles. The molecule has 5 nitrogen and oxygen atoms in total. The first kappa shape index (κ1) is 13.9. The van der Waals surface area contributed by atoms with Crippen LogP contribution in [0.2, 0.25) is 0 Å². The highest BCUT2D eigenvalue weighted by molar-refractivity contribution is 6.17. The van der Waals surface area contributed by atoms with Crippen LogP contribution in [0, 0.1) is 17.9 Å². The SMILES string of the molecule is [C-]#[N+]C(C#N)C(C)=C(C(C)=O)C(=O)OCC. The van der Waals surface area contributed by atoms with Gasteiger partial charge in [0.1, 0.15) is 5.57 Å². The highest BCUT2D eigenvalue weighted by Gasteiger charge is 2.26. The van der Waals surface area contributed by atoms with Crippen molar-refractivity contribution in [3.05, 3.63) is 22.6 Å². The number of ketones is 1. The Labute approximate surface area is 94.1 Å². The lowest BCUT2D eigenvalue weighted by atomic mass is 10.0. The maximum atomic E-state index is 11.4. The largest absolute Gasteiger partial charge is 0.462 e. The van der Waals surface area contributed by atoms with Gasteiger partial charge in [-0.15, -0.1) is 0 Å². The molecule has 0 saturated carbocycles. The first-order chi connectivity index (χ1) is 7.49. The van der Waals surface area contributed by atoms with E-state index in [2.05, 4.69) is 4.85 Å². The molecule has 1 unspecified atom stereocenters. The molecular weight excluding hydrogens is 208 g/mol. The lowest BCUT2D eigenvalue weighted by Crippen LogP contribution is -2.19. The Kier molecular flexibility index (Phi) is 5.51. The van der Waals surface area contributed by atoms with Crippen LogP contribution in [0.5, 0.6) is 0 Å². The van der Waals surface area contributed by atoms with Gasteiger partial charge in [-0.25, -0.2) is 11.4 Å². The van der Waals surface area contributed by atoms with E-state index >= 15 is 0 Å². The highest BCUT2D eigenvalue weighted by atomic mass is 16.5. The Morgan fingerprint density at radius 2 is 2.06 bits per heavy atom. The number of hydrogen-bond donors (Lipinski definition) is 0. The summed E-state index contributed by atoms with van der Waals surface area (Å²) in [7, 11) is 0. The van der Waals surface area contributed by atoms with E-state index in [0.717, 1.165) is 0 Å². The molecule has 0 aliphatic heterocycles. The monoisotopic (exact) mass is 220 g/mol. The van der Waals surface area contributed by atoms with Crippen LogP contribution in [0.3, 0.4) is 0 Å². The molecule has 0 radical (unpaired) electrons. The summed E-state index contributed by atoms with van der Waals surface area (Å²) in [4.78, 5) is 25.7. The second-order valence-electron chi connectivity index (χ2n) is 3.00. The van der Waals surface area contributed by atoms with Crippen molar-refractivity contribution in [2.75, 3.05) is 6.61 Å². The minimum Gasteiger partial charge on any atom is -0.462 e. The van der Waals surface area contributed by atoms with Crippen LogP contribution >= 0.6 is 0 Å². The quantitative estimate of drug-likeness (QED) is 0.235. The third-order valence-corrected chi connectivity index (χ3v) is 1.89. The summed E-state index contributed by atoms with van der Waals surface area (Å²) >= 11 is 0. The summed E-state index contributed by atoms with van der Waals surface area (Å²) in [5, 5.41) is 8.68. The Morgan fingerprint density at radius 3 is 2.38 bits per heavy atom. The number of rotatable bonds is 4. The maximum Gasteiger partial charge on any atom is 0.342 e. The molecular formula is C11H12N2O3. The van der Waals surface area contributed by atoms with Crippen LogP contribution in [-0.4, -0.2) is 24.4 Å². The van der Waals surface area contributed by atoms with Crippen molar-refractivity contribution in [3.8, 4) is 6.07 Å². The third-order valence-electron chi connectivity index (χ3n) is 1.89. The first-order valence-electron chi connectivity index (χ1n) is 4.64. The van der Waals surface area contributed by atoms with Gasteiger partial charge < -0.3 is 4.74 Å². The number of nitriles is 1. The molecule has 0 rings (SSSR count). The summed E-state index contributed by atoms with van der Waals surface area (Å²) in [6.07, 6.45) is 0. The number of Topliss-reactive ketones (excluding diaryl/α,β-unsaturated/α-hetero) is 1. The highest BCUT2D eigenvalue weighted by Crippen LogP contribution is 2.14. The van der Waals surface area contributed by atoms with Gasteiger partial charge in [0.2, 0.25) is 0 Å². The van der Waals surface area contributed by atoms with Gasteiger partial charge in [0.05, 0.1) is 6.61 Å². The van der Waals surface area contributed by atoms with Crippen LogP contribution in [0.1, 0.15) is 20.8 Å². The molecule has 0 aliphatic rings. The Balaban J connectivity index is 5.43. The molecule has 0 amide bonds. The zero-order valence-corrected chi connectivity index (χ0v) is 9.40. The molecule has 0 N–H and O–H groups in total. The molecule has 0 aromatic heterocycles. The summed E-state index contributed by atoms with van der Waals surface area (Å²) in [6.45, 7) is 11.1. The normalized spacial score (nSPS) is 12.8. The van der Waals surface area contributed by atoms with Crippen molar-refractivity contribution in [3.63, 3.8) is 0 Å². The van der Waals surface area contributed by atoms with Crippen molar-refractivity contribution in [1.82, 2.24) is 0 Å². The average Bonchev–Trinajstić information content (AvgIpc) is 2.19. The molecule has 0 bridgehead atoms. The number of carbonyl (C=O) groups is 2. The van der Waals surface area contributed by atoms with Crippen LogP contribution in [0.25, 0.3) is 4.85 Å². The second-order valence-corrected chi connectivity index (χ2v) is 3.00. The fraction of sp³-hybridized carbons (Fsp3) is 0.455. The van der Waals surface area contributed by atoms with Gasteiger partial charge >= 0.3 is 12.0 Å². The van der Waals surface area contributed by atoms with Gasteiger partial charge in [-0.05, 0) is 20.8 Å². The minimum absolute atomic E-state index is 0.137. The summed E-state index contributed by atoms with van der Waals surface area (Å²) in [5.74, 6) is -1.28. The number of carbonyl (C=O) groups excluding carboxylic acids is 2. The predicted molar refractivity (Wildman–Crippen MR) is 56.0 cm³/mol. The maximum absolute atomic E-state index is 11.4. The molecule has 5 heteroatoms. The van der Waals surface area contributed by atoms with E-state index in [1.807, 2.05) is 0 Å². The van der Waals surface area contributed by atoms with E-state index in [-0.39, 0.29) is 17.8 Å². The van der Waals surface area contributed by atoms with Crippen LogP contribution < -0.4 is 0 Å². The van der Waals surface area contributed by atoms with Crippen LogP contribution in [-0.2, 0) is 14.3 Å². The zero-order valence-electron chi connectivity index (χ0n) is 9.40. The molecule has 84 valence electrons. The fourth-order valence-corrected chi connectivity index (χ4v) is 1.14. The number of ether oxygens (including phenoxy) is 1. The van der Waals surface area contributed by atoms with Gasteiger partial charge in [0.25, 0.3) is 0 Å². The average molecular weight is 220 g/mol. The minimum atomic E-state index is -1.12. The second kappa shape index (κ2) is 6.36. The molecule has 0 fully saturated rings. The molecule has 0 aromatic rings. The van der Waals surface area contributed by atoms with Crippen LogP contribution in [0.4, 0.5) is 0 Å². The van der Waals surface area contributed by atoms with Crippen molar-refractivity contribution >= 4 is 11.8 Å². The van der Waals surface area contributed by atoms with Crippen molar-refractivity contribution in [1.29, 1.82) is 5.26 Å². The summed E-state index contributed by atoms with van der Waals surface area (Å²) in [5.41, 5.74) is -0.0622. The standard InChI is InChI=1S/C11H12N2O3/c1-5-16-11(15)10(8(3)14)7(2)9(6-12)13-4/h9H,5H2,1-3H3. The molecule has 0 aromatic carbocycles. The van der Waals surface area contributed by atoms with E-state index in [0.29, 0.717) is 0 Å². The van der Waals surface area contributed by atoms with Gasteiger partial charge in [-0.1, -0.05) is 0 Å². The summed E-state index contributed by atoms with van der Waals surface area (Å²) in [6, 6.07) is 0.590. The topological polar surface area (TPSA) is 71.5 Å². The lowest BCUT2D eigenvalue weighted by Gasteiger charge is -2.06. The van der Waals surface area contributed by atoms with Gasteiger partial charge in [-0.3, -0.25) is 9.64 Å². The fourth-order valence-electron chi connectivity index (χ4n) is 1.14. The van der Waals surface area contributed by atoms with Crippen molar-refractivity contribution < 1.29 is 14.3 Å². The van der Waals surface area contributed by atoms with Crippen molar-refractivity contribution in [2.24, 2.45) is 0 Å². The predicted octanol–water partition coefficient (Wildman–Crippen LogP) is 1.27. The van der Waals surface area contributed by atoms with E-state index in [4.69, 9.17) is 16.6 Å². The van der Waals surface area contributed by atoms with E-state index in [1.165, 1.54) is 13.8 Å². The molecule has 0 saturated heterocycles. The lowest BCUT2D eigenvalue weighted by molar-refractivity contribution is -0.139. The first-order valence-corrected chi connectivity index (χ1v) is 4.64. The third kappa shape index (κ3) is 3.21. The van der Waals surface area contributed by atoms with E-state index in [1.54, 1.807) is 13.0 Å². The Bertz CT molecular complexity index is 396. The molecule has 0 heterocycles. The Hall–Kier alpha value is -2.14. The molecule has 16 heavy (non-hydrogen) atoms. The van der Waals surface area contributed by atoms with Crippen LogP contribution in [0.15, 0.2) is 11.1 Å². The molecule has 0 spiro atoms. The van der Waals surface area contributed by atoms with Gasteiger partial charge in [0, 0.05) is 5.57 Å². The Morgan fingerprint density at radius 1 is 1.50 bits per heavy atom. The smallest absolute Gasteiger partial charge is 0.342 e.